The Labute approximate surface area is 89.7 Å². The Balaban J connectivity index is 2.93. The van der Waals surface area contributed by atoms with E-state index in [2.05, 4.69) is 4.98 Å². The number of nitrogens with two attached hydrogens (primary N) is 1. The highest BCUT2D eigenvalue weighted by atomic mass is 16.5. The number of nitrogens with zero attached hydrogens (tertiary/aromatic N) is 2. The number of hydrogen-bond acceptors (Lipinski definition) is 4. The van der Waals surface area contributed by atoms with Gasteiger partial charge in [0.1, 0.15) is 11.7 Å². The van der Waals surface area contributed by atoms with Crippen molar-refractivity contribution >= 4 is 5.69 Å². The van der Waals surface area contributed by atoms with Gasteiger partial charge in [0, 0.05) is 6.20 Å². The molecular formula is C11H15N3O. The number of nitriles is 1. The lowest BCUT2D eigenvalue weighted by Crippen LogP contribution is -2.27. The van der Waals surface area contributed by atoms with Crippen molar-refractivity contribution in [2.45, 2.75) is 32.8 Å². The molecule has 1 aromatic heterocycles. The highest BCUT2D eigenvalue weighted by molar-refractivity contribution is 5.52. The molecule has 0 bridgehead atoms. The molecule has 0 spiro atoms. The molecule has 1 aromatic rings. The van der Waals surface area contributed by atoms with Gasteiger partial charge >= 0.3 is 0 Å². The van der Waals surface area contributed by atoms with Gasteiger partial charge in [0.15, 0.2) is 0 Å². The maximum atomic E-state index is 8.65. The summed E-state index contributed by atoms with van der Waals surface area (Å²) in [5.41, 5.74) is 6.26. The van der Waals surface area contributed by atoms with E-state index in [1.54, 1.807) is 6.07 Å². The van der Waals surface area contributed by atoms with E-state index in [1.165, 1.54) is 6.20 Å². The van der Waals surface area contributed by atoms with E-state index in [4.69, 9.17) is 15.7 Å². The number of aromatic nitrogens is 1. The zero-order valence-corrected chi connectivity index (χ0v) is 9.24. The first-order valence-electron chi connectivity index (χ1n) is 4.83. The van der Waals surface area contributed by atoms with E-state index < -0.39 is 0 Å². The Morgan fingerprint density at radius 1 is 1.60 bits per heavy atom. The Bertz CT molecular complexity index is 393. The van der Waals surface area contributed by atoms with Gasteiger partial charge in [-0.25, -0.2) is 4.98 Å². The topological polar surface area (TPSA) is 71.9 Å². The van der Waals surface area contributed by atoms with Crippen LogP contribution in [-0.4, -0.2) is 10.6 Å². The molecule has 0 saturated heterocycles. The Kier molecular flexibility index (Phi) is 3.15. The summed E-state index contributed by atoms with van der Waals surface area (Å²) in [5.74, 6) is 0.390. The van der Waals surface area contributed by atoms with Gasteiger partial charge < -0.3 is 10.5 Å². The number of nitrogen functional groups attached to an aromatic ring is 1. The average Bonchev–Trinajstić information content (AvgIpc) is 2.21. The summed E-state index contributed by atoms with van der Waals surface area (Å²) in [5, 5.41) is 8.65. The van der Waals surface area contributed by atoms with Gasteiger partial charge in [0.05, 0.1) is 11.3 Å². The van der Waals surface area contributed by atoms with Crippen LogP contribution in [0.3, 0.4) is 0 Å². The van der Waals surface area contributed by atoms with Crippen LogP contribution >= 0.6 is 0 Å². The van der Waals surface area contributed by atoms with E-state index in [9.17, 15) is 0 Å². The number of rotatable bonds is 3. The summed E-state index contributed by atoms with van der Waals surface area (Å²) in [4.78, 5) is 4.01. The number of hydrogen-bond donors (Lipinski definition) is 1. The normalized spacial score (nSPS) is 10.8. The second-order valence-electron chi connectivity index (χ2n) is 3.95. The van der Waals surface area contributed by atoms with Crippen molar-refractivity contribution in [3.63, 3.8) is 0 Å². The fourth-order valence-corrected chi connectivity index (χ4v) is 0.950. The molecule has 2 N–H and O–H groups in total. The van der Waals surface area contributed by atoms with Gasteiger partial charge in [-0.15, -0.1) is 0 Å². The van der Waals surface area contributed by atoms with Crippen molar-refractivity contribution in [1.82, 2.24) is 4.98 Å². The second kappa shape index (κ2) is 4.18. The van der Waals surface area contributed by atoms with Crippen LogP contribution in [0, 0.1) is 11.3 Å². The molecule has 15 heavy (non-hydrogen) atoms. The molecule has 0 radical (unpaired) electrons. The van der Waals surface area contributed by atoms with Crippen LogP contribution in [-0.2, 0) is 0 Å². The average molecular weight is 205 g/mol. The summed E-state index contributed by atoms with van der Waals surface area (Å²) in [6, 6.07) is 3.54. The zero-order valence-electron chi connectivity index (χ0n) is 9.24. The molecule has 0 aliphatic carbocycles. The highest BCUT2D eigenvalue weighted by Crippen LogP contribution is 2.24. The van der Waals surface area contributed by atoms with Gasteiger partial charge in [-0.1, -0.05) is 6.92 Å². The molecule has 0 aliphatic rings. The van der Waals surface area contributed by atoms with Crippen LogP contribution in [0.25, 0.3) is 0 Å². The van der Waals surface area contributed by atoms with Gasteiger partial charge in [-0.05, 0) is 26.3 Å². The van der Waals surface area contributed by atoms with E-state index >= 15 is 0 Å². The van der Waals surface area contributed by atoms with Crippen molar-refractivity contribution in [1.29, 1.82) is 5.26 Å². The first-order chi connectivity index (χ1) is 6.98. The van der Waals surface area contributed by atoms with Crippen LogP contribution in [0.15, 0.2) is 12.3 Å². The lowest BCUT2D eigenvalue weighted by Gasteiger charge is -2.24. The van der Waals surface area contributed by atoms with Crippen molar-refractivity contribution in [3.05, 3.63) is 17.8 Å². The zero-order chi connectivity index (χ0) is 11.5. The lowest BCUT2D eigenvalue weighted by atomic mass is 10.1. The molecule has 4 nitrogen and oxygen atoms in total. The molecule has 0 amide bonds. The summed E-state index contributed by atoms with van der Waals surface area (Å²) < 4.78 is 5.64. The maximum absolute atomic E-state index is 8.65. The Morgan fingerprint density at radius 3 is 2.73 bits per heavy atom. The van der Waals surface area contributed by atoms with Crippen LogP contribution in [0.1, 0.15) is 32.8 Å². The third-order valence-corrected chi connectivity index (χ3v) is 2.23. The molecular weight excluding hydrogens is 190 g/mol. The smallest absolute Gasteiger partial charge is 0.237 e. The van der Waals surface area contributed by atoms with Crippen molar-refractivity contribution in [2.75, 3.05) is 5.73 Å². The summed E-state index contributed by atoms with van der Waals surface area (Å²) in [6.07, 6.45) is 2.31. The van der Waals surface area contributed by atoms with Crippen LogP contribution in [0.4, 0.5) is 5.69 Å². The van der Waals surface area contributed by atoms with Gasteiger partial charge in [0.2, 0.25) is 5.88 Å². The van der Waals surface area contributed by atoms with E-state index in [0.717, 1.165) is 6.42 Å². The molecule has 0 aromatic carbocycles. The van der Waals surface area contributed by atoms with E-state index in [0.29, 0.717) is 17.1 Å². The van der Waals surface area contributed by atoms with Gasteiger partial charge in [0.25, 0.3) is 0 Å². The maximum Gasteiger partial charge on any atom is 0.237 e. The van der Waals surface area contributed by atoms with Crippen LogP contribution in [0.5, 0.6) is 5.88 Å². The first-order valence-corrected chi connectivity index (χ1v) is 4.83. The fraction of sp³-hybridized carbons (Fsp3) is 0.455. The molecule has 4 heteroatoms. The first kappa shape index (κ1) is 11.3. The lowest BCUT2D eigenvalue weighted by molar-refractivity contribution is 0.100. The number of anilines is 1. The summed E-state index contributed by atoms with van der Waals surface area (Å²) >= 11 is 0. The third kappa shape index (κ3) is 2.84. The number of pyridine rings is 1. The summed E-state index contributed by atoms with van der Waals surface area (Å²) in [6.45, 7) is 5.96. The van der Waals surface area contributed by atoms with E-state index in [1.807, 2.05) is 26.8 Å². The highest BCUT2D eigenvalue weighted by Gasteiger charge is 2.19. The molecule has 1 heterocycles. The molecule has 0 atom stereocenters. The molecule has 1 rings (SSSR count). The Morgan fingerprint density at radius 2 is 2.27 bits per heavy atom. The monoisotopic (exact) mass is 205 g/mol. The standard InChI is InChI=1S/C11H15N3O/c1-4-11(2,3)15-10-9(13)5-8(6-12)7-14-10/h5,7H,4,13H2,1-3H3. The Hall–Kier alpha value is -1.76. The minimum Gasteiger partial charge on any atom is -0.470 e. The van der Waals surface area contributed by atoms with Gasteiger partial charge in [-0.3, -0.25) is 0 Å². The molecule has 0 fully saturated rings. The third-order valence-electron chi connectivity index (χ3n) is 2.23. The minimum atomic E-state index is -0.296. The van der Waals surface area contributed by atoms with Crippen LogP contribution in [0.2, 0.25) is 0 Å². The fourth-order valence-electron chi connectivity index (χ4n) is 0.950. The van der Waals surface area contributed by atoms with Gasteiger partial charge in [-0.2, -0.15) is 5.26 Å². The van der Waals surface area contributed by atoms with Crippen LogP contribution < -0.4 is 10.5 Å². The molecule has 0 aliphatic heterocycles. The minimum absolute atomic E-state index is 0.296. The number of ether oxygens (including phenoxy) is 1. The van der Waals surface area contributed by atoms with E-state index in [-0.39, 0.29) is 5.60 Å². The SMILES string of the molecule is CCC(C)(C)Oc1ncc(C#N)cc1N. The quantitative estimate of drug-likeness (QED) is 0.820. The second-order valence-corrected chi connectivity index (χ2v) is 3.95. The van der Waals surface area contributed by atoms with Crippen molar-refractivity contribution < 1.29 is 4.74 Å². The molecule has 0 unspecified atom stereocenters. The predicted molar refractivity (Wildman–Crippen MR) is 58.4 cm³/mol. The summed E-state index contributed by atoms with van der Waals surface area (Å²) in [7, 11) is 0. The molecule has 0 saturated carbocycles. The van der Waals surface area contributed by atoms with Crippen molar-refractivity contribution in [3.8, 4) is 11.9 Å². The largest absolute Gasteiger partial charge is 0.470 e. The molecule has 80 valence electrons. The predicted octanol–water partition coefficient (Wildman–Crippen LogP) is 2.10. The van der Waals surface area contributed by atoms with Crippen molar-refractivity contribution in [2.24, 2.45) is 0 Å².